The van der Waals surface area contributed by atoms with E-state index in [1.807, 2.05) is 54.6 Å². The molecule has 0 amide bonds. The van der Waals surface area contributed by atoms with Gasteiger partial charge in [0.05, 0.1) is 7.11 Å². The van der Waals surface area contributed by atoms with E-state index in [-0.39, 0.29) is 12.4 Å². The number of fused-ring (bicyclic) bond motifs is 1. The van der Waals surface area contributed by atoms with Crippen LogP contribution in [0, 0.1) is 0 Å². The Balaban J connectivity index is 0.000000203. The van der Waals surface area contributed by atoms with Crippen LogP contribution in [-0.2, 0) is 32.0 Å². The van der Waals surface area contributed by atoms with Crippen LogP contribution >= 0.6 is 0 Å². The van der Waals surface area contributed by atoms with E-state index < -0.39 is 17.8 Å². The first-order chi connectivity index (χ1) is 13.4. The number of benzene rings is 2. The van der Waals surface area contributed by atoms with Gasteiger partial charge < -0.3 is 20.6 Å². The van der Waals surface area contributed by atoms with Crippen LogP contribution in [0.25, 0.3) is 10.9 Å². The van der Waals surface area contributed by atoms with E-state index in [1.54, 1.807) is 6.20 Å². The fraction of sp³-hybridized carbons (Fsp3) is 0.190. The molecule has 0 aliphatic rings. The molecule has 0 aliphatic heterocycles. The van der Waals surface area contributed by atoms with Crippen molar-refractivity contribution in [3.8, 4) is 0 Å². The molecule has 0 saturated heterocycles. The summed E-state index contributed by atoms with van der Waals surface area (Å²) >= 11 is 0. The van der Waals surface area contributed by atoms with Crippen molar-refractivity contribution in [3.05, 3.63) is 71.9 Å². The highest BCUT2D eigenvalue weighted by Crippen LogP contribution is 2.18. The van der Waals surface area contributed by atoms with Gasteiger partial charge in [-0.1, -0.05) is 48.5 Å². The van der Waals surface area contributed by atoms with E-state index in [0.717, 1.165) is 22.0 Å². The molecule has 1 heterocycles. The van der Waals surface area contributed by atoms with Crippen LogP contribution in [-0.4, -0.2) is 41.0 Å². The number of carbonyl (C=O) groups is 3. The highest BCUT2D eigenvalue weighted by Gasteiger charge is 2.14. The van der Waals surface area contributed by atoms with Crippen LogP contribution in [0.1, 0.15) is 11.1 Å². The normalized spacial score (nSPS) is 11.2. The van der Waals surface area contributed by atoms with Crippen LogP contribution in [0.5, 0.6) is 0 Å². The van der Waals surface area contributed by atoms with E-state index in [0.29, 0.717) is 6.42 Å². The largest absolute Gasteiger partial charge is 0.475 e. The molecule has 0 radical (unpaired) electrons. The minimum absolute atomic E-state index is 0.0701. The second kappa shape index (κ2) is 10.0. The maximum Gasteiger partial charge on any atom is 0.372 e. The Morgan fingerprint density at radius 2 is 1.71 bits per heavy atom. The Labute approximate surface area is 162 Å². The van der Waals surface area contributed by atoms with E-state index in [9.17, 15) is 14.4 Å². The van der Waals surface area contributed by atoms with Gasteiger partial charge >= 0.3 is 11.9 Å². The molecule has 1 atom stereocenters. The maximum atomic E-state index is 11.0. The van der Waals surface area contributed by atoms with Crippen molar-refractivity contribution >= 4 is 28.6 Å². The third-order valence-corrected chi connectivity index (χ3v) is 4.07. The third kappa shape index (κ3) is 5.78. The van der Waals surface area contributed by atoms with Crippen molar-refractivity contribution in [3.63, 3.8) is 0 Å². The number of H-pyrrole nitrogens is 1. The minimum Gasteiger partial charge on any atom is -0.475 e. The Bertz CT molecular complexity index is 950. The first-order valence-electron chi connectivity index (χ1n) is 8.60. The van der Waals surface area contributed by atoms with Gasteiger partial charge in [0.1, 0.15) is 6.04 Å². The fourth-order valence-corrected chi connectivity index (χ4v) is 2.63. The lowest BCUT2D eigenvalue weighted by molar-refractivity contribution is -0.148. The average Bonchev–Trinajstić information content (AvgIpc) is 3.11. The Kier molecular flexibility index (Phi) is 7.47. The van der Waals surface area contributed by atoms with Crippen molar-refractivity contribution in [1.29, 1.82) is 0 Å². The van der Waals surface area contributed by atoms with Gasteiger partial charge in [-0.25, -0.2) is 4.79 Å². The second-order valence-corrected chi connectivity index (χ2v) is 6.08. The number of aromatic amines is 1. The molecule has 7 nitrogen and oxygen atoms in total. The number of aromatic nitrogens is 1. The highest BCUT2D eigenvalue weighted by molar-refractivity contribution is 6.33. The van der Waals surface area contributed by atoms with Crippen molar-refractivity contribution in [2.75, 3.05) is 7.11 Å². The quantitative estimate of drug-likeness (QED) is 0.443. The van der Waals surface area contributed by atoms with E-state index in [2.05, 4.69) is 9.72 Å². The summed E-state index contributed by atoms with van der Waals surface area (Å²) < 4.78 is 4.52. The number of ether oxygens (including phenoxy) is 1. The number of rotatable bonds is 6. The lowest BCUT2D eigenvalue weighted by atomic mass is 10.1. The minimum atomic E-state index is -1.39. The van der Waals surface area contributed by atoms with Gasteiger partial charge in [0, 0.05) is 23.5 Å². The van der Waals surface area contributed by atoms with Crippen LogP contribution in [0.15, 0.2) is 60.8 Å². The summed E-state index contributed by atoms with van der Waals surface area (Å²) in [7, 11) is 1.34. The Hall–Kier alpha value is -3.45. The maximum absolute atomic E-state index is 11.0. The van der Waals surface area contributed by atoms with Crippen LogP contribution < -0.4 is 5.73 Å². The number of carbonyl (C=O) groups excluding carboxylic acids is 2. The predicted molar refractivity (Wildman–Crippen MR) is 105 cm³/mol. The third-order valence-electron chi connectivity index (χ3n) is 4.07. The molecule has 0 unspecified atom stereocenters. The molecule has 7 heteroatoms. The highest BCUT2D eigenvalue weighted by atomic mass is 16.5. The number of esters is 1. The molecule has 1 aromatic heterocycles. The van der Waals surface area contributed by atoms with Crippen molar-refractivity contribution in [1.82, 2.24) is 4.98 Å². The SMILES string of the molecule is COC(=O)[C@@H](N)Cc1ccccc1.O=C(O)C(=O)Cc1c[nH]c2ccccc12. The molecule has 0 aliphatic carbocycles. The number of para-hydroxylation sites is 1. The summed E-state index contributed by atoms with van der Waals surface area (Å²) in [6.45, 7) is 0. The first-order valence-corrected chi connectivity index (χ1v) is 8.60. The zero-order valence-electron chi connectivity index (χ0n) is 15.4. The topological polar surface area (TPSA) is 122 Å². The smallest absolute Gasteiger partial charge is 0.372 e. The molecule has 2 aromatic carbocycles. The zero-order chi connectivity index (χ0) is 20.5. The summed E-state index contributed by atoms with van der Waals surface area (Å²) in [6, 6.07) is 16.5. The number of carboxylic acid groups (broad SMARTS) is 1. The standard InChI is InChI=1S/C11H9NO3.C10H13NO2/c13-10(11(14)15)5-7-6-12-9-4-2-1-3-8(7)9;1-13-10(12)9(11)7-8-5-3-2-4-6-8/h1-4,6,12H,5H2,(H,14,15);2-6,9H,7,11H2,1H3/t;9-/m.0/s1. The fourth-order valence-electron chi connectivity index (χ4n) is 2.63. The molecule has 0 bridgehead atoms. The van der Waals surface area contributed by atoms with Gasteiger partial charge in [0.25, 0.3) is 0 Å². The molecule has 4 N–H and O–H groups in total. The van der Waals surface area contributed by atoms with Gasteiger partial charge in [0.15, 0.2) is 0 Å². The van der Waals surface area contributed by atoms with Gasteiger partial charge in [-0.15, -0.1) is 0 Å². The molecule has 0 spiro atoms. The zero-order valence-corrected chi connectivity index (χ0v) is 15.4. The average molecular weight is 382 g/mol. The van der Waals surface area contributed by atoms with Crippen molar-refractivity contribution in [2.45, 2.75) is 18.9 Å². The van der Waals surface area contributed by atoms with Gasteiger partial charge in [-0.2, -0.15) is 0 Å². The van der Waals surface area contributed by atoms with Crippen molar-refractivity contribution < 1.29 is 24.2 Å². The molecule has 146 valence electrons. The summed E-state index contributed by atoms with van der Waals surface area (Å²) in [5.74, 6) is -2.55. The predicted octanol–water partition coefficient (Wildman–Crippen LogP) is 2.09. The Morgan fingerprint density at radius 3 is 2.36 bits per heavy atom. The molecule has 28 heavy (non-hydrogen) atoms. The molecular weight excluding hydrogens is 360 g/mol. The monoisotopic (exact) mass is 382 g/mol. The number of nitrogens with two attached hydrogens (primary N) is 1. The van der Waals surface area contributed by atoms with Gasteiger partial charge in [0.2, 0.25) is 5.78 Å². The van der Waals surface area contributed by atoms with Crippen molar-refractivity contribution in [2.24, 2.45) is 5.73 Å². The number of ketones is 1. The van der Waals surface area contributed by atoms with Crippen LogP contribution in [0.4, 0.5) is 0 Å². The molecular formula is C21H22N2O5. The summed E-state index contributed by atoms with van der Waals surface area (Å²) in [5, 5.41) is 9.39. The molecule has 3 aromatic rings. The lowest BCUT2D eigenvalue weighted by Crippen LogP contribution is -2.33. The molecule has 0 saturated carbocycles. The van der Waals surface area contributed by atoms with E-state index in [1.165, 1.54) is 7.11 Å². The number of nitrogens with one attached hydrogen (secondary N) is 1. The molecule has 0 fully saturated rings. The van der Waals surface area contributed by atoms with Crippen LogP contribution in [0.2, 0.25) is 0 Å². The van der Waals surface area contributed by atoms with Gasteiger partial charge in [-0.05, 0) is 23.6 Å². The second-order valence-electron chi connectivity index (χ2n) is 6.08. The Morgan fingerprint density at radius 1 is 1.07 bits per heavy atom. The number of Topliss-reactive ketones (excluding diaryl/α,β-unsaturated/α-hetero) is 1. The number of methoxy groups -OCH3 is 1. The molecule has 3 rings (SSSR count). The number of carboxylic acids is 1. The number of aliphatic carboxylic acids is 1. The van der Waals surface area contributed by atoms with Gasteiger partial charge in [-0.3, -0.25) is 9.59 Å². The lowest BCUT2D eigenvalue weighted by Gasteiger charge is -2.08. The summed E-state index contributed by atoms with van der Waals surface area (Å²) in [6.07, 6.45) is 2.12. The number of hydrogen-bond donors (Lipinski definition) is 3. The van der Waals surface area contributed by atoms with E-state index >= 15 is 0 Å². The number of hydrogen-bond acceptors (Lipinski definition) is 5. The summed E-state index contributed by atoms with van der Waals surface area (Å²) in [5.41, 5.74) is 8.26. The van der Waals surface area contributed by atoms with Crippen LogP contribution in [0.3, 0.4) is 0 Å². The summed E-state index contributed by atoms with van der Waals surface area (Å²) in [4.78, 5) is 35.4. The first kappa shape index (κ1) is 20.9. The van der Waals surface area contributed by atoms with E-state index in [4.69, 9.17) is 10.8 Å².